The molecule has 1 heterocycles. The van der Waals surface area contributed by atoms with Gasteiger partial charge in [-0.05, 0) is 12.5 Å². The summed E-state index contributed by atoms with van der Waals surface area (Å²) in [6.07, 6.45) is 1.08. The average molecular weight is 221 g/mol. The summed E-state index contributed by atoms with van der Waals surface area (Å²) < 4.78 is 5.17. The van der Waals surface area contributed by atoms with E-state index in [1.807, 2.05) is 0 Å². The lowest BCUT2D eigenvalue weighted by atomic mass is 10.1. The highest BCUT2D eigenvalue weighted by molar-refractivity contribution is 5.79. The molecule has 1 aliphatic heterocycles. The van der Waals surface area contributed by atoms with E-state index in [2.05, 4.69) is 5.32 Å². The molecule has 0 aliphatic carbocycles. The Kier molecular flexibility index (Phi) is 3.41. The van der Waals surface area contributed by atoms with Crippen molar-refractivity contribution in [1.29, 1.82) is 0 Å². The Labute approximate surface area is 94.2 Å². The molecule has 86 valence electrons. The van der Waals surface area contributed by atoms with Crippen LogP contribution in [0.25, 0.3) is 0 Å². The smallest absolute Gasteiger partial charge is 0.224 e. The first-order valence-corrected chi connectivity index (χ1v) is 5.39. The number of aromatic hydroxyl groups is 1. The summed E-state index contributed by atoms with van der Waals surface area (Å²) >= 11 is 0. The van der Waals surface area contributed by atoms with Gasteiger partial charge in [-0.15, -0.1) is 0 Å². The molecule has 4 heteroatoms. The summed E-state index contributed by atoms with van der Waals surface area (Å²) in [5.74, 6) is 0.0947. The molecular formula is C12H15NO3. The molecule has 4 nitrogen and oxygen atoms in total. The molecule has 1 fully saturated rings. The summed E-state index contributed by atoms with van der Waals surface area (Å²) in [6.45, 7) is 1.30. The topological polar surface area (TPSA) is 58.6 Å². The molecule has 0 bridgehead atoms. The molecule has 1 atom stereocenters. The van der Waals surface area contributed by atoms with Crippen molar-refractivity contribution in [2.75, 3.05) is 13.2 Å². The van der Waals surface area contributed by atoms with Gasteiger partial charge in [-0.2, -0.15) is 0 Å². The minimum Gasteiger partial charge on any atom is -0.508 e. The maximum atomic E-state index is 11.6. The van der Waals surface area contributed by atoms with E-state index in [1.54, 1.807) is 24.3 Å². The van der Waals surface area contributed by atoms with Crippen molar-refractivity contribution in [3.8, 4) is 5.75 Å². The molecule has 1 aromatic rings. The van der Waals surface area contributed by atoms with E-state index in [4.69, 9.17) is 4.74 Å². The van der Waals surface area contributed by atoms with Gasteiger partial charge in [-0.1, -0.05) is 18.2 Å². The number of hydrogen-bond donors (Lipinski definition) is 2. The quantitative estimate of drug-likeness (QED) is 0.795. The van der Waals surface area contributed by atoms with Gasteiger partial charge in [0.15, 0.2) is 0 Å². The van der Waals surface area contributed by atoms with E-state index < -0.39 is 0 Å². The second kappa shape index (κ2) is 4.99. The number of carbonyl (C=O) groups is 1. The zero-order valence-electron chi connectivity index (χ0n) is 8.98. The molecule has 0 aromatic heterocycles. The number of rotatable bonds is 3. The van der Waals surface area contributed by atoms with Gasteiger partial charge in [0.05, 0.1) is 19.1 Å². The zero-order chi connectivity index (χ0) is 11.4. The van der Waals surface area contributed by atoms with Crippen molar-refractivity contribution in [3.05, 3.63) is 29.8 Å². The third-order valence-electron chi connectivity index (χ3n) is 2.64. The molecule has 0 radical (unpaired) electrons. The summed E-state index contributed by atoms with van der Waals surface area (Å²) in [5.41, 5.74) is 0.652. The maximum absolute atomic E-state index is 11.6. The summed E-state index contributed by atoms with van der Waals surface area (Å²) in [5, 5.41) is 12.4. The van der Waals surface area contributed by atoms with Crippen molar-refractivity contribution in [3.63, 3.8) is 0 Å². The largest absolute Gasteiger partial charge is 0.508 e. The average Bonchev–Trinajstić information content (AvgIpc) is 2.74. The van der Waals surface area contributed by atoms with E-state index in [0.717, 1.165) is 6.42 Å². The standard InChI is InChI=1S/C12H15NO3/c14-11-4-2-1-3-9(11)7-12(15)13-10-5-6-16-8-10/h1-4,10,14H,5-8H2,(H,13,15). The number of carbonyl (C=O) groups excluding carboxylic acids is 1. The number of hydrogen-bond acceptors (Lipinski definition) is 3. The first-order valence-electron chi connectivity index (χ1n) is 5.39. The Morgan fingerprint density at radius 3 is 3.00 bits per heavy atom. The van der Waals surface area contributed by atoms with E-state index >= 15 is 0 Å². The fourth-order valence-electron chi connectivity index (χ4n) is 1.76. The van der Waals surface area contributed by atoms with Gasteiger partial charge in [-0.3, -0.25) is 4.79 Å². The predicted molar refractivity (Wildman–Crippen MR) is 59.2 cm³/mol. The molecule has 1 amide bonds. The van der Waals surface area contributed by atoms with Gasteiger partial charge in [-0.25, -0.2) is 0 Å². The fraction of sp³-hybridized carbons (Fsp3) is 0.417. The minimum atomic E-state index is -0.0722. The second-order valence-electron chi connectivity index (χ2n) is 3.93. The molecule has 1 saturated heterocycles. The molecule has 1 aromatic carbocycles. The number of ether oxygens (including phenoxy) is 1. The van der Waals surface area contributed by atoms with Gasteiger partial charge in [0.2, 0.25) is 5.91 Å². The highest BCUT2D eigenvalue weighted by Crippen LogP contribution is 2.16. The molecule has 0 spiro atoms. The van der Waals surface area contributed by atoms with Crippen molar-refractivity contribution in [2.24, 2.45) is 0 Å². The Balaban J connectivity index is 1.89. The van der Waals surface area contributed by atoms with Gasteiger partial charge in [0.25, 0.3) is 0 Å². The third-order valence-corrected chi connectivity index (χ3v) is 2.64. The third kappa shape index (κ3) is 2.73. The van der Waals surface area contributed by atoms with Gasteiger partial charge < -0.3 is 15.2 Å². The lowest BCUT2D eigenvalue weighted by Crippen LogP contribution is -2.36. The fourth-order valence-corrected chi connectivity index (χ4v) is 1.76. The SMILES string of the molecule is O=C(Cc1ccccc1O)NC1CCOC1. The van der Waals surface area contributed by atoms with Crippen LogP contribution < -0.4 is 5.32 Å². The number of benzene rings is 1. The number of phenols is 1. The monoisotopic (exact) mass is 221 g/mol. The summed E-state index contributed by atoms with van der Waals surface area (Å²) in [7, 11) is 0. The Hall–Kier alpha value is -1.55. The lowest BCUT2D eigenvalue weighted by Gasteiger charge is -2.10. The molecule has 1 aliphatic rings. The second-order valence-corrected chi connectivity index (χ2v) is 3.93. The van der Waals surface area contributed by atoms with Crippen LogP contribution in [0.15, 0.2) is 24.3 Å². The molecule has 1 unspecified atom stereocenters. The van der Waals surface area contributed by atoms with Gasteiger partial charge in [0, 0.05) is 12.2 Å². The van der Waals surface area contributed by atoms with E-state index in [9.17, 15) is 9.90 Å². The maximum Gasteiger partial charge on any atom is 0.224 e. The highest BCUT2D eigenvalue weighted by Gasteiger charge is 2.18. The van der Waals surface area contributed by atoms with Crippen LogP contribution >= 0.6 is 0 Å². The van der Waals surface area contributed by atoms with Crippen molar-refractivity contribution in [1.82, 2.24) is 5.32 Å². The predicted octanol–water partition coefficient (Wildman–Crippen LogP) is 0.840. The van der Waals surface area contributed by atoms with Crippen LogP contribution in [0.1, 0.15) is 12.0 Å². The molecule has 16 heavy (non-hydrogen) atoms. The Morgan fingerprint density at radius 1 is 1.50 bits per heavy atom. The normalized spacial score (nSPS) is 19.6. The first-order chi connectivity index (χ1) is 7.75. The van der Waals surface area contributed by atoms with Gasteiger partial charge >= 0.3 is 0 Å². The van der Waals surface area contributed by atoms with Crippen LogP contribution in [0.3, 0.4) is 0 Å². The van der Waals surface area contributed by atoms with Crippen LogP contribution in [-0.2, 0) is 16.0 Å². The van der Waals surface area contributed by atoms with Crippen LogP contribution in [0, 0.1) is 0 Å². The first kappa shape index (κ1) is 11.0. The summed E-state index contributed by atoms with van der Waals surface area (Å²) in [4.78, 5) is 11.6. The number of phenolic OH excluding ortho intramolecular Hbond substituents is 1. The summed E-state index contributed by atoms with van der Waals surface area (Å²) in [6, 6.07) is 7.00. The van der Waals surface area contributed by atoms with E-state index in [-0.39, 0.29) is 24.1 Å². The number of nitrogens with one attached hydrogen (secondary N) is 1. The molecule has 2 N–H and O–H groups in total. The number of para-hydroxylation sites is 1. The number of amides is 1. The van der Waals surface area contributed by atoms with Crippen molar-refractivity contribution < 1.29 is 14.6 Å². The minimum absolute atomic E-state index is 0.0722. The Morgan fingerprint density at radius 2 is 2.31 bits per heavy atom. The van der Waals surface area contributed by atoms with Crippen molar-refractivity contribution in [2.45, 2.75) is 18.9 Å². The molecule has 0 saturated carbocycles. The van der Waals surface area contributed by atoms with Crippen LogP contribution in [0.5, 0.6) is 5.75 Å². The van der Waals surface area contributed by atoms with Crippen LogP contribution in [0.2, 0.25) is 0 Å². The zero-order valence-corrected chi connectivity index (χ0v) is 8.98. The van der Waals surface area contributed by atoms with Crippen LogP contribution in [-0.4, -0.2) is 30.3 Å². The van der Waals surface area contributed by atoms with E-state index in [0.29, 0.717) is 18.8 Å². The van der Waals surface area contributed by atoms with Crippen LogP contribution in [0.4, 0.5) is 0 Å². The lowest BCUT2D eigenvalue weighted by molar-refractivity contribution is -0.121. The van der Waals surface area contributed by atoms with E-state index in [1.165, 1.54) is 0 Å². The molecular weight excluding hydrogens is 206 g/mol. The van der Waals surface area contributed by atoms with Gasteiger partial charge in [0.1, 0.15) is 5.75 Å². The highest BCUT2D eigenvalue weighted by atomic mass is 16.5. The van der Waals surface area contributed by atoms with Crippen molar-refractivity contribution >= 4 is 5.91 Å². The molecule has 2 rings (SSSR count). The Bertz CT molecular complexity index is 372.